The summed E-state index contributed by atoms with van der Waals surface area (Å²) < 4.78 is 7.82. The predicted molar refractivity (Wildman–Crippen MR) is 121 cm³/mol. The van der Waals surface area contributed by atoms with Gasteiger partial charge in [-0.3, -0.25) is 14.0 Å². The molecule has 164 valence electrons. The Bertz CT molecular complexity index is 1320. The Morgan fingerprint density at radius 2 is 1.91 bits per heavy atom. The SMILES string of the molecule is CCCc1nnc2c(=O)[nH]c3cc(C(=O)N4CCC(Oc5ccccc5)CC4)ccc3n12. The van der Waals surface area contributed by atoms with Gasteiger partial charge in [0.05, 0.1) is 11.0 Å². The van der Waals surface area contributed by atoms with Gasteiger partial charge in [0.2, 0.25) is 5.65 Å². The number of rotatable bonds is 5. The molecule has 1 aliphatic rings. The summed E-state index contributed by atoms with van der Waals surface area (Å²) in [6.07, 6.45) is 3.30. The third-order valence-corrected chi connectivity index (χ3v) is 5.91. The number of para-hydroxylation sites is 1. The number of benzene rings is 2. The minimum absolute atomic E-state index is 0.0384. The lowest BCUT2D eigenvalue weighted by molar-refractivity contribution is 0.0595. The number of H-pyrrole nitrogens is 1. The molecule has 1 amide bonds. The van der Waals surface area contributed by atoms with Crippen molar-refractivity contribution >= 4 is 22.6 Å². The number of hydrogen-bond acceptors (Lipinski definition) is 5. The second-order valence-electron chi connectivity index (χ2n) is 8.13. The highest BCUT2D eigenvalue weighted by Crippen LogP contribution is 2.22. The first-order valence-electron chi connectivity index (χ1n) is 11.0. The molecule has 4 aromatic rings. The van der Waals surface area contributed by atoms with Crippen LogP contribution < -0.4 is 10.3 Å². The van der Waals surface area contributed by atoms with Crippen LogP contribution in [0.4, 0.5) is 0 Å². The Morgan fingerprint density at radius 3 is 2.66 bits per heavy atom. The van der Waals surface area contributed by atoms with Gasteiger partial charge in [-0.1, -0.05) is 25.1 Å². The maximum Gasteiger partial charge on any atom is 0.294 e. The molecular weight excluding hydrogens is 406 g/mol. The first-order valence-corrected chi connectivity index (χ1v) is 11.0. The van der Waals surface area contributed by atoms with Gasteiger partial charge in [-0.15, -0.1) is 10.2 Å². The van der Waals surface area contributed by atoms with Gasteiger partial charge in [0.1, 0.15) is 17.7 Å². The number of fused-ring (bicyclic) bond motifs is 3. The largest absolute Gasteiger partial charge is 0.490 e. The van der Waals surface area contributed by atoms with Gasteiger partial charge in [-0.2, -0.15) is 0 Å². The number of nitrogens with one attached hydrogen (secondary N) is 1. The van der Waals surface area contributed by atoms with Gasteiger partial charge in [-0.25, -0.2) is 0 Å². The number of nitrogens with zero attached hydrogens (tertiary/aromatic N) is 4. The molecule has 3 heterocycles. The highest BCUT2D eigenvalue weighted by Gasteiger charge is 2.25. The Kier molecular flexibility index (Phi) is 5.34. The second kappa shape index (κ2) is 8.45. The molecule has 1 aliphatic heterocycles. The normalized spacial score (nSPS) is 14.8. The van der Waals surface area contributed by atoms with Crippen LogP contribution >= 0.6 is 0 Å². The molecule has 1 N–H and O–H groups in total. The van der Waals surface area contributed by atoms with Crippen molar-refractivity contribution in [2.45, 2.75) is 38.7 Å². The van der Waals surface area contributed by atoms with Crippen molar-refractivity contribution in [3.63, 3.8) is 0 Å². The third kappa shape index (κ3) is 3.72. The van der Waals surface area contributed by atoms with Crippen LogP contribution in [0.2, 0.25) is 0 Å². The lowest BCUT2D eigenvalue weighted by Gasteiger charge is -2.32. The summed E-state index contributed by atoms with van der Waals surface area (Å²) in [5.41, 5.74) is 1.92. The van der Waals surface area contributed by atoms with Crippen LogP contribution in [0.1, 0.15) is 42.4 Å². The number of aromatic nitrogens is 4. The summed E-state index contributed by atoms with van der Waals surface area (Å²) in [5, 5.41) is 8.21. The van der Waals surface area contributed by atoms with Gasteiger partial charge >= 0.3 is 0 Å². The zero-order valence-electron chi connectivity index (χ0n) is 18.0. The Morgan fingerprint density at radius 1 is 1.12 bits per heavy atom. The van der Waals surface area contributed by atoms with E-state index in [2.05, 4.69) is 22.1 Å². The summed E-state index contributed by atoms with van der Waals surface area (Å²) in [4.78, 5) is 30.3. The fourth-order valence-electron chi connectivity index (χ4n) is 4.30. The van der Waals surface area contributed by atoms with Gasteiger partial charge in [0, 0.05) is 37.9 Å². The highest BCUT2D eigenvalue weighted by atomic mass is 16.5. The molecular formula is C24H25N5O3. The zero-order valence-corrected chi connectivity index (χ0v) is 18.0. The van der Waals surface area contributed by atoms with Crippen LogP contribution in [-0.2, 0) is 6.42 Å². The van der Waals surface area contributed by atoms with E-state index < -0.39 is 0 Å². The number of likely N-dealkylation sites (tertiary alicyclic amines) is 1. The topological polar surface area (TPSA) is 92.6 Å². The van der Waals surface area contributed by atoms with Crippen molar-refractivity contribution in [2.24, 2.45) is 0 Å². The molecule has 0 unspecified atom stereocenters. The zero-order chi connectivity index (χ0) is 22.1. The summed E-state index contributed by atoms with van der Waals surface area (Å²) in [6.45, 7) is 3.33. The Balaban J connectivity index is 1.36. The highest BCUT2D eigenvalue weighted by molar-refractivity contribution is 5.97. The number of ether oxygens (including phenoxy) is 1. The van der Waals surface area contributed by atoms with Crippen molar-refractivity contribution in [1.29, 1.82) is 0 Å². The van der Waals surface area contributed by atoms with Crippen LogP contribution in [0.3, 0.4) is 0 Å². The van der Waals surface area contributed by atoms with E-state index in [-0.39, 0.29) is 23.2 Å². The number of carbonyl (C=O) groups excluding carboxylic acids is 1. The lowest BCUT2D eigenvalue weighted by atomic mass is 10.1. The average Bonchev–Trinajstić information content (AvgIpc) is 3.24. The molecule has 5 rings (SSSR count). The molecule has 2 aromatic heterocycles. The molecule has 8 nitrogen and oxygen atoms in total. The van der Waals surface area contributed by atoms with Crippen molar-refractivity contribution < 1.29 is 9.53 Å². The molecule has 0 atom stereocenters. The maximum atomic E-state index is 13.1. The number of amides is 1. The summed E-state index contributed by atoms with van der Waals surface area (Å²) in [6, 6.07) is 15.2. The Labute approximate surface area is 184 Å². The molecule has 1 fully saturated rings. The summed E-state index contributed by atoms with van der Waals surface area (Å²) >= 11 is 0. The second-order valence-corrected chi connectivity index (χ2v) is 8.13. The van der Waals surface area contributed by atoms with Crippen LogP contribution in [0.25, 0.3) is 16.7 Å². The molecule has 0 aliphatic carbocycles. The van der Waals surface area contributed by atoms with E-state index in [9.17, 15) is 9.59 Å². The fourth-order valence-corrected chi connectivity index (χ4v) is 4.30. The van der Waals surface area contributed by atoms with Crippen LogP contribution in [-0.4, -0.2) is 49.6 Å². The molecule has 0 radical (unpaired) electrons. The monoisotopic (exact) mass is 431 g/mol. The van der Waals surface area contributed by atoms with E-state index in [1.807, 2.05) is 47.4 Å². The van der Waals surface area contributed by atoms with E-state index in [4.69, 9.17) is 4.74 Å². The smallest absolute Gasteiger partial charge is 0.294 e. The summed E-state index contributed by atoms with van der Waals surface area (Å²) in [5.74, 6) is 1.57. The van der Waals surface area contributed by atoms with Crippen LogP contribution in [0.5, 0.6) is 5.75 Å². The van der Waals surface area contributed by atoms with Gasteiger partial charge in [0.15, 0.2) is 0 Å². The van der Waals surface area contributed by atoms with E-state index in [1.165, 1.54) is 0 Å². The summed E-state index contributed by atoms with van der Waals surface area (Å²) in [7, 11) is 0. The van der Waals surface area contributed by atoms with Crippen molar-refractivity contribution in [3.05, 3.63) is 70.3 Å². The number of aryl methyl sites for hydroxylation is 1. The number of piperidine rings is 1. The lowest BCUT2D eigenvalue weighted by Crippen LogP contribution is -2.41. The Hall–Kier alpha value is -3.68. The first kappa shape index (κ1) is 20.2. The molecule has 1 saturated heterocycles. The molecule has 8 heteroatoms. The van der Waals surface area contributed by atoms with Crippen LogP contribution in [0.15, 0.2) is 53.3 Å². The molecule has 0 spiro atoms. The van der Waals surface area contributed by atoms with E-state index >= 15 is 0 Å². The number of hydrogen-bond donors (Lipinski definition) is 1. The molecule has 0 saturated carbocycles. The van der Waals surface area contributed by atoms with Crippen molar-refractivity contribution in [1.82, 2.24) is 24.5 Å². The minimum Gasteiger partial charge on any atom is -0.490 e. The van der Waals surface area contributed by atoms with Crippen molar-refractivity contribution in [2.75, 3.05) is 13.1 Å². The van der Waals surface area contributed by atoms with E-state index in [0.29, 0.717) is 24.2 Å². The first-order chi connectivity index (χ1) is 15.6. The van der Waals surface area contributed by atoms with Gasteiger partial charge in [0.25, 0.3) is 11.5 Å². The quantitative estimate of drug-likeness (QED) is 0.524. The van der Waals surface area contributed by atoms with Crippen molar-refractivity contribution in [3.8, 4) is 5.75 Å². The van der Waals surface area contributed by atoms with Crippen LogP contribution in [0, 0.1) is 0 Å². The predicted octanol–water partition coefficient (Wildman–Crippen LogP) is 3.21. The average molecular weight is 431 g/mol. The minimum atomic E-state index is -0.309. The molecule has 32 heavy (non-hydrogen) atoms. The molecule has 0 bridgehead atoms. The van der Waals surface area contributed by atoms with Gasteiger partial charge < -0.3 is 14.6 Å². The molecule has 2 aromatic carbocycles. The van der Waals surface area contributed by atoms with Gasteiger partial charge in [-0.05, 0) is 36.8 Å². The number of aromatic amines is 1. The number of carbonyl (C=O) groups is 1. The third-order valence-electron chi connectivity index (χ3n) is 5.91. The standard InChI is InChI=1S/C24H25N5O3/c1-2-6-21-26-27-22-23(30)25-19-15-16(9-10-20(19)29(21)22)24(31)28-13-11-18(12-14-28)32-17-7-4-3-5-8-17/h3-5,7-10,15,18H,2,6,11-14H2,1H3,(H,25,30). The maximum absolute atomic E-state index is 13.1. The van der Waals surface area contributed by atoms with E-state index in [0.717, 1.165) is 42.8 Å². The van der Waals surface area contributed by atoms with E-state index in [1.54, 1.807) is 10.5 Å². The fraction of sp³-hybridized carbons (Fsp3) is 0.333.